The van der Waals surface area contributed by atoms with E-state index in [1.54, 1.807) is 6.07 Å². The number of amides is 3. The quantitative estimate of drug-likeness (QED) is 0.444. The first kappa shape index (κ1) is 16.7. The van der Waals surface area contributed by atoms with Gasteiger partial charge < -0.3 is 16.0 Å². The standard InChI is InChI=1S/C14H12Cl3N3O2/c15-14(16,17)12(18-8-21)20-13(22)19-11-7-3-5-9-4-1-2-6-10(9)11/h1-8,12H,(H,18,21)(H2,19,20,22). The van der Waals surface area contributed by atoms with E-state index in [9.17, 15) is 9.59 Å². The summed E-state index contributed by atoms with van der Waals surface area (Å²) >= 11 is 17.1. The summed E-state index contributed by atoms with van der Waals surface area (Å²) in [7, 11) is 0. The van der Waals surface area contributed by atoms with Crippen molar-refractivity contribution in [3.63, 3.8) is 0 Å². The molecular formula is C14H12Cl3N3O2. The minimum absolute atomic E-state index is 0.338. The molecule has 0 saturated carbocycles. The van der Waals surface area contributed by atoms with E-state index in [0.717, 1.165) is 10.8 Å². The molecule has 2 rings (SSSR count). The second-order valence-electron chi connectivity index (χ2n) is 4.38. The number of rotatable bonds is 4. The van der Waals surface area contributed by atoms with E-state index in [2.05, 4.69) is 16.0 Å². The van der Waals surface area contributed by atoms with Crippen LogP contribution >= 0.6 is 34.8 Å². The molecule has 0 bridgehead atoms. The zero-order valence-corrected chi connectivity index (χ0v) is 13.4. The van der Waals surface area contributed by atoms with E-state index in [1.165, 1.54) is 0 Å². The van der Waals surface area contributed by atoms with Crippen molar-refractivity contribution in [3.05, 3.63) is 42.5 Å². The van der Waals surface area contributed by atoms with Crippen LogP contribution in [0, 0.1) is 0 Å². The largest absolute Gasteiger partial charge is 0.335 e. The third-order valence-corrected chi connectivity index (χ3v) is 3.53. The first-order valence-electron chi connectivity index (χ1n) is 6.23. The monoisotopic (exact) mass is 359 g/mol. The number of carbonyl (C=O) groups excluding carboxylic acids is 2. The zero-order valence-electron chi connectivity index (χ0n) is 11.1. The van der Waals surface area contributed by atoms with Crippen molar-refractivity contribution in [3.8, 4) is 0 Å². The van der Waals surface area contributed by atoms with E-state index in [-0.39, 0.29) is 0 Å². The van der Waals surface area contributed by atoms with Crippen LogP contribution in [0.4, 0.5) is 10.5 Å². The maximum atomic E-state index is 12.0. The van der Waals surface area contributed by atoms with Gasteiger partial charge in [-0.3, -0.25) is 4.79 Å². The minimum Gasteiger partial charge on any atom is -0.335 e. The number of benzene rings is 2. The van der Waals surface area contributed by atoms with E-state index in [0.29, 0.717) is 12.1 Å². The van der Waals surface area contributed by atoms with Crippen molar-refractivity contribution < 1.29 is 9.59 Å². The van der Waals surface area contributed by atoms with E-state index in [1.807, 2.05) is 36.4 Å². The normalized spacial score (nSPS) is 12.5. The van der Waals surface area contributed by atoms with Gasteiger partial charge in [0.15, 0.2) is 6.17 Å². The van der Waals surface area contributed by atoms with E-state index in [4.69, 9.17) is 34.8 Å². The average molecular weight is 361 g/mol. The Labute approximate surface area is 141 Å². The number of fused-ring (bicyclic) bond motifs is 1. The van der Waals surface area contributed by atoms with Crippen LogP contribution in [0.5, 0.6) is 0 Å². The number of alkyl halides is 3. The molecule has 0 radical (unpaired) electrons. The molecule has 0 aliphatic rings. The molecule has 0 spiro atoms. The maximum absolute atomic E-state index is 12.0. The van der Waals surface area contributed by atoms with Gasteiger partial charge in [-0.2, -0.15) is 0 Å². The van der Waals surface area contributed by atoms with Crippen LogP contribution in [-0.4, -0.2) is 22.4 Å². The Morgan fingerprint density at radius 3 is 2.45 bits per heavy atom. The second kappa shape index (κ2) is 7.05. The Hall–Kier alpha value is -1.69. The van der Waals surface area contributed by atoms with Crippen molar-refractivity contribution in [1.82, 2.24) is 10.6 Å². The van der Waals surface area contributed by atoms with Gasteiger partial charge in [0.1, 0.15) is 0 Å². The predicted molar refractivity (Wildman–Crippen MR) is 89.4 cm³/mol. The van der Waals surface area contributed by atoms with Crippen molar-refractivity contribution in [2.45, 2.75) is 9.96 Å². The highest BCUT2D eigenvalue weighted by Gasteiger charge is 2.33. The third kappa shape index (κ3) is 4.16. The molecule has 1 atom stereocenters. The summed E-state index contributed by atoms with van der Waals surface area (Å²) < 4.78 is -1.88. The van der Waals surface area contributed by atoms with Gasteiger partial charge in [-0.25, -0.2) is 4.79 Å². The average Bonchev–Trinajstić information content (AvgIpc) is 2.46. The Morgan fingerprint density at radius 1 is 1.09 bits per heavy atom. The van der Waals surface area contributed by atoms with Crippen molar-refractivity contribution in [2.24, 2.45) is 0 Å². The topological polar surface area (TPSA) is 70.2 Å². The number of urea groups is 1. The Balaban J connectivity index is 2.15. The first-order valence-corrected chi connectivity index (χ1v) is 7.37. The number of halogens is 3. The molecule has 0 saturated heterocycles. The highest BCUT2D eigenvalue weighted by molar-refractivity contribution is 6.68. The fourth-order valence-corrected chi connectivity index (χ4v) is 2.26. The number of hydrogen-bond donors (Lipinski definition) is 3. The van der Waals surface area contributed by atoms with Crippen LogP contribution in [-0.2, 0) is 4.79 Å². The van der Waals surface area contributed by atoms with Gasteiger partial charge in [0.25, 0.3) is 0 Å². The van der Waals surface area contributed by atoms with Crippen molar-refractivity contribution in [1.29, 1.82) is 0 Å². The Kier molecular flexibility index (Phi) is 5.34. The van der Waals surface area contributed by atoms with Crippen LogP contribution in [0.2, 0.25) is 0 Å². The molecular weight excluding hydrogens is 349 g/mol. The van der Waals surface area contributed by atoms with Gasteiger partial charge in [-0.1, -0.05) is 71.2 Å². The molecule has 5 nitrogen and oxygen atoms in total. The lowest BCUT2D eigenvalue weighted by atomic mass is 10.1. The minimum atomic E-state index is -1.88. The molecule has 22 heavy (non-hydrogen) atoms. The van der Waals surface area contributed by atoms with E-state index >= 15 is 0 Å². The SMILES string of the molecule is O=CNC(NC(=O)Nc1cccc2ccccc12)C(Cl)(Cl)Cl. The summed E-state index contributed by atoms with van der Waals surface area (Å²) in [6, 6.07) is 12.5. The summed E-state index contributed by atoms with van der Waals surface area (Å²) in [6.45, 7) is 0. The summed E-state index contributed by atoms with van der Waals surface area (Å²) in [6.07, 6.45) is -0.824. The smallest absolute Gasteiger partial charge is 0.320 e. The van der Waals surface area contributed by atoms with Gasteiger partial charge in [0, 0.05) is 5.39 Å². The summed E-state index contributed by atoms with van der Waals surface area (Å²) in [4.78, 5) is 22.6. The molecule has 0 aromatic heterocycles. The van der Waals surface area contributed by atoms with Gasteiger partial charge in [0.2, 0.25) is 10.2 Å². The fourth-order valence-electron chi connectivity index (χ4n) is 1.91. The molecule has 3 amide bonds. The Morgan fingerprint density at radius 2 is 1.77 bits per heavy atom. The highest BCUT2D eigenvalue weighted by Crippen LogP contribution is 2.29. The zero-order chi connectivity index (χ0) is 16.2. The van der Waals surface area contributed by atoms with E-state index < -0.39 is 16.0 Å². The molecule has 8 heteroatoms. The van der Waals surface area contributed by atoms with Gasteiger partial charge >= 0.3 is 6.03 Å². The molecule has 2 aromatic rings. The molecule has 0 aliphatic carbocycles. The number of anilines is 1. The van der Waals surface area contributed by atoms with Gasteiger partial charge in [0.05, 0.1) is 5.69 Å². The molecule has 1 unspecified atom stereocenters. The lowest BCUT2D eigenvalue weighted by Gasteiger charge is -2.24. The third-order valence-electron chi connectivity index (χ3n) is 2.88. The second-order valence-corrected chi connectivity index (χ2v) is 6.75. The first-order chi connectivity index (χ1) is 10.4. The molecule has 2 aromatic carbocycles. The number of carbonyl (C=O) groups is 2. The maximum Gasteiger partial charge on any atom is 0.320 e. The number of hydrogen-bond acceptors (Lipinski definition) is 2. The lowest BCUT2D eigenvalue weighted by Crippen LogP contribution is -2.54. The molecule has 0 heterocycles. The van der Waals surface area contributed by atoms with Gasteiger partial charge in [-0.15, -0.1) is 0 Å². The van der Waals surface area contributed by atoms with Crippen molar-refractivity contribution >= 4 is 63.7 Å². The molecule has 0 aliphatic heterocycles. The lowest BCUT2D eigenvalue weighted by molar-refractivity contribution is -0.110. The van der Waals surface area contributed by atoms with Crippen molar-refractivity contribution in [2.75, 3.05) is 5.32 Å². The Bertz CT molecular complexity index is 683. The van der Waals surface area contributed by atoms with Crippen LogP contribution < -0.4 is 16.0 Å². The predicted octanol–water partition coefficient (Wildman–Crippen LogP) is 3.40. The van der Waals surface area contributed by atoms with Crippen LogP contribution in [0.15, 0.2) is 42.5 Å². The summed E-state index contributed by atoms with van der Waals surface area (Å²) in [5.41, 5.74) is 0.602. The fraction of sp³-hybridized carbons (Fsp3) is 0.143. The number of nitrogens with one attached hydrogen (secondary N) is 3. The summed E-state index contributed by atoms with van der Waals surface area (Å²) in [5, 5.41) is 9.12. The van der Waals surface area contributed by atoms with Crippen LogP contribution in [0.3, 0.4) is 0 Å². The molecule has 3 N–H and O–H groups in total. The van der Waals surface area contributed by atoms with Crippen LogP contribution in [0.1, 0.15) is 0 Å². The molecule has 116 valence electrons. The summed E-state index contributed by atoms with van der Waals surface area (Å²) in [5.74, 6) is 0. The van der Waals surface area contributed by atoms with Crippen LogP contribution in [0.25, 0.3) is 10.8 Å². The van der Waals surface area contributed by atoms with Gasteiger partial charge in [-0.05, 0) is 11.5 Å². The highest BCUT2D eigenvalue weighted by atomic mass is 35.6. The molecule has 0 fully saturated rings.